The molecule has 3 aliphatic heterocycles. The van der Waals surface area contributed by atoms with Gasteiger partial charge in [-0.25, -0.2) is 9.97 Å². The molecule has 4 heterocycles. The van der Waals surface area contributed by atoms with Crippen molar-refractivity contribution in [1.29, 1.82) is 0 Å². The first-order valence-corrected chi connectivity index (χ1v) is 13.1. The highest BCUT2D eigenvalue weighted by Crippen LogP contribution is 2.35. The van der Waals surface area contributed by atoms with Gasteiger partial charge in [-0.05, 0) is 50.6 Å². The Morgan fingerprint density at radius 3 is 2.66 bits per heavy atom. The van der Waals surface area contributed by atoms with E-state index in [0.717, 1.165) is 62.2 Å². The van der Waals surface area contributed by atoms with Gasteiger partial charge in [-0.3, -0.25) is 4.79 Å². The van der Waals surface area contributed by atoms with Crippen molar-refractivity contribution < 1.29 is 4.79 Å². The molecule has 0 saturated carbocycles. The molecule has 1 amide bonds. The molecular formula is C24H30ClN5OS. The Balaban J connectivity index is 1.32. The van der Waals surface area contributed by atoms with E-state index in [9.17, 15) is 4.79 Å². The maximum atomic E-state index is 13.8. The third-order valence-corrected chi connectivity index (χ3v) is 8.14. The first-order valence-electron chi connectivity index (χ1n) is 11.5. The van der Waals surface area contributed by atoms with Crippen molar-refractivity contribution in [2.24, 2.45) is 0 Å². The summed E-state index contributed by atoms with van der Waals surface area (Å²) in [7, 11) is 0. The van der Waals surface area contributed by atoms with Crippen LogP contribution in [0.15, 0.2) is 30.6 Å². The standard InChI is InChI=1S/C24H30ClN5OS/c1-17-12-29(10-11-30(17)23-21-14-32-15-22(21)26-16-27-23)24(31)20(13-28-8-2-3-9-28)18-4-6-19(25)7-5-18/h4-7,16-17,20H,2-3,8-15H2,1H3. The number of rotatable bonds is 5. The fraction of sp³-hybridized carbons (Fsp3) is 0.542. The van der Waals surface area contributed by atoms with Crippen LogP contribution >= 0.6 is 23.4 Å². The van der Waals surface area contributed by atoms with Gasteiger partial charge >= 0.3 is 0 Å². The number of likely N-dealkylation sites (tertiary alicyclic amines) is 1. The molecular weight excluding hydrogens is 442 g/mol. The van der Waals surface area contributed by atoms with Gasteiger partial charge in [-0.2, -0.15) is 11.8 Å². The van der Waals surface area contributed by atoms with Gasteiger partial charge < -0.3 is 14.7 Å². The minimum Gasteiger partial charge on any atom is -0.350 e. The van der Waals surface area contributed by atoms with Crippen LogP contribution < -0.4 is 4.90 Å². The number of anilines is 1. The number of halogens is 1. The lowest BCUT2D eigenvalue weighted by Crippen LogP contribution is -2.55. The minimum absolute atomic E-state index is 0.149. The van der Waals surface area contributed by atoms with E-state index in [0.29, 0.717) is 5.02 Å². The average Bonchev–Trinajstić information content (AvgIpc) is 3.49. The Hall–Kier alpha value is -1.83. The van der Waals surface area contributed by atoms with Gasteiger partial charge in [0.1, 0.15) is 12.1 Å². The zero-order chi connectivity index (χ0) is 22.1. The molecule has 0 aliphatic carbocycles. The number of aromatic nitrogens is 2. The van der Waals surface area contributed by atoms with Crippen LogP contribution in [0.4, 0.5) is 5.82 Å². The highest BCUT2D eigenvalue weighted by atomic mass is 35.5. The van der Waals surface area contributed by atoms with Crippen LogP contribution in [0.2, 0.25) is 5.02 Å². The molecule has 2 saturated heterocycles. The summed E-state index contributed by atoms with van der Waals surface area (Å²) < 4.78 is 0. The van der Waals surface area contributed by atoms with Gasteiger partial charge in [-0.1, -0.05) is 23.7 Å². The maximum Gasteiger partial charge on any atom is 0.231 e. The lowest BCUT2D eigenvalue weighted by molar-refractivity contribution is -0.134. The molecule has 6 nitrogen and oxygen atoms in total. The Morgan fingerprint density at radius 2 is 1.91 bits per heavy atom. The summed E-state index contributed by atoms with van der Waals surface area (Å²) in [6.07, 6.45) is 4.13. The maximum absolute atomic E-state index is 13.8. The van der Waals surface area contributed by atoms with Gasteiger partial charge in [-0.15, -0.1) is 0 Å². The molecule has 2 aromatic rings. The summed E-state index contributed by atoms with van der Waals surface area (Å²) in [5.74, 6) is 3.09. The molecule has 2 atom stereocenters. The number of fused-ring (bicyclic) bond motifs is 1. The Bertz CT molecular complexity index is 965. The lowest BCUT2D eigenvalue weighted by atomic mass is 9.96. The molecule has 1 aromatic carbocycles. The number of thioether (sulfide) groups is 1. The van der Waals surface area contributed by atoms with E-state index in [2.05, 4.69) is 31.6 Å². The molecule has 3 aliphatic rings. The molecule has 32 heavy (non-hydrogen) atoms. The van der Waals surface area contributed by atoms with Crippen molar-refractivity contribution in [2.45, 2.75) is 43.2 Å². The lowest BCUT2D eigenvalue weighted by Gasteiger charge is -2.42. The number of nitrogens with zero attached hydrogens (tertiary/aromatic N) is 5. The van der Waals surface area contributed by atoms with Crippen molar-refractivity contribution in [3.8, 4) is 0 Å². The Morgan fingerprint density at radius 1 is 1.12 bits per heavy atom. The van der Waals surface area contributed by atoms with Crippen molar-refractivity contribution in [2.75, 3.05) is 44.2 Å². The molecule has 2 fully saturated rings. The fourth-order valence-corrected chi connectivity index (χ4v) is 6.32. The van der Waals surface area contributed by atoms with Gasteiger partial charge in [0.05, 0.1) is 11.6 Å². The number of piperazine rings is 1. The minimum atomic E-state index is -0.149. The van der Waals surface area contributed by atoms with E-state index in [1.54, 1.807) is 6.33 Å². The summed E-state index contributed by atoms with van der Waals surface area (Å²) in [4.78, 5) is 29.7. The summed E-state index contributed by atoms with van der Waals surface area (Å²) >= 11 is 8.02. The third kappa shape index (κ3) is 4.47. The van der Waals surface area contributed by atoms with Gasteiger partial charge in [0.25, 0.3) is 0 Å². The van der Waals surface area contributed by atoms with Crippen molar-refractivity contribution in [3.63, 3.8) is 0 Å². The quantitative estimate of drug-likeness (QED) is 0.661. The molecule has 1 aromatic heterocycles. The van der Waals surface area contributed by atoms with Crippen molar-refractivity contribution in [1.82, 2.24) is 19.8 Å². The van der Waals surface area contributed by atoms with E-state index in [4.69, 9.17) is 11.6 Å². The van der Waals surface area contributed by atoms with Crippen LogP contribution in [0, 0.1) is 0 Å². The molecule has 8 heteroatoms. The second kappa shape index (κ2) is 9.57. The highest BCUT2D eigenvalue weighted by molar-refractivity contribution is 7.98. The van der Waals surface area contributed by atoms with E-state index in [-0.39, 0.29) is 17.9 Å². The number of hydrogen-bond acceptors (Lipinski definition) is 6. The Kier molecular flexibility index (Phi) is 6.58. The number of benzene rings is 1. The second-order valence-electron chi connectivity index (χ2n) is 9.05. The molecule has 2 unspecified atom stereocenters. The average molecular weight is 472 g/mol. The van der Waals surface area contributed by atoms with Gasteiger partial charge in [0, 0.05) is 54.3 Å². The molecule has 0 spiro atoms. The number of amides is 1. The van der Waals surface area contributed by atoms with Crippen LogP contribution in [0.5, 0.6) is 0 Å². The first-order chi connectivity index (χ1) is 15.6. The number of carbonyl (C=O) groups excluding carboxylic acids is 1. The summed E-state index contributed by atoms with van der Waals surface area (Å²) in [6.45, 7) is 7.39. The molecule has 170 valence electrons. The summed E-state index contributed by atoms with van der Waals surface area (Å²) in [5.41, 5.74) is 3.50. The third-order valence-electron chi connectivity index (χ3n) is 6.92. The fourth-order valence-electron chi connectivity index (χ4n) is 5.15. The first kappa shape index (κ1) is 22.0. The monoisotopic (exact) mass is 471 g/mol. The predicted octanol–water partition coefficient (Wildman–Crippen LogP) is 3.79. The SMILES string of the molecule is CC1CN(C(=O)C(CN2CCCC2)c2ccc(Cl)cc2)CCN1c1ncnc2c1CSC2. The topological polar surface area (TPSA) is 52.6 Å². The van der Waals surface area contributed by atoms with Crippen LogP contribution in [-0.2, 0) is 16.3 Å². The van der Waals surface area contributed by atoms with Crippen LogP contribution in [0.25, 0.3) is 0 Å². The molecule has 0 bridgehead atoms. The summed E-state index contributed by atoms with van der Waals surface area (Å²) in [6, 6.07) is 8.05. The van der Waals surface area contributed by atoms with Crippen LogP contribution in [0.1, 0.15) is 42.5 Å². The van der Waals surface area contributed by atoms with Gasteiger partial charge in [0.15, 0.2) is 0 Å². The molecule has 0 radical (unpaired) electrons. The predicted molar refractivity (Wildman–Crippen MR) is 130 cm³/mol. The van der Waals surface area contributed by atoms with Crippen molar-refractivity contribution >= 4 is 35.1 Å². The van der Waals surface area contributed by atoms with Gasteiger partial charge in [0.2, 0.25) is 5.91 Å². The normalized spacial score (nSPS) is 22.2. The van der Waals surface area contributed by atoms with E-state index < -0.39 is 0 Å². The van der Waals surface area contributed by atoms with Crippen molar-refractivity contribution in [3.05, 3.63) is 52.4 Å². The van der Waals surface area contributed by atoms with E-state index in [1.165, 1.54) is 24.1 Å². The van der Waals surface area contributed by atoms with E-state index >= 15 is 0 Å². The summed E-state index contributed by atoms with van der Waals surface area (Å²) in [5, 5.41) is 0.707. The van der Waals surface area contributed by atoms with Crippen LogP contribution in [0.3, 0.4) is 0 Å². The zero-order valence-electron chi connectivity index (χ0n) is 18.5. The van der Waals surface area contributed by atoms with Crippen LogP contribution in [-0.4, -0.2) is 71.0 Å². The second-order valence-corrected chi connectivity index (χ2v) is 10.5. The number of carbonyl (C=O) groups is 1. The Labute approximate surface area is 199 Å². The molecule has 5 rings (SSSR count). The zero-order valence-corrected chi connectivity index (χ0v) is 20.1. The smallest absolute Gasteiger partial charge is 0.231 e. The highest BCUT2D eigenvalue weighted by Gasteiger charge is 2.34. The largest absolute Gasteiger partial charge is 0.350 e. The van der Waals surface area contributed by atoms with E-state index in [1.807, 2.05) is 36.0 Å². The number of hydrogen-bond donors (Lipinski definition) is 0. The molecule has 0 N–H and O–H groups in total.